The Kier molecular flexibility index (Phi) is 4.33. The maximum absolute atomic E-state index is 11.5. The Hall–Kier alpha value is -1.06. The highest BCUT2D eigenvalue weighted by molar-refractivity contribution is 5.97. The monoisotopic (exact) mass is 226 g/mol. The normalized spacial score (nSPS) is 17.2. The van der Waals surface area contributed by atoms with E-state index in [1.807, 2.05) is 20.8 Å². The quantitative estimate of drug-likeness (QED) is 0.714. The number of rotatable bonds is 3. The molecule has 0 heterocycles. The van der Waals surface area contributed by atoms with Gasteiger partial charge in [-0.2, -0.15) is 0 Å². The number of carbonyl (C=O) groups excluding carboxylic acids is 2. The maximum atomic E-state index is 11.5. The Balaban J connectivity index is 2.25. The van der Waals surface area contributed by atoms with Gasteiger partial charge in [0.1, 0.15) is 6.42 Å². The van der Waals surface area contributed by atoms with Gasteiger partial charge in [0.15, 0.2) is 0 Å². The molecule has 0 atom stereocenters. The molecular formula is C12H22N2O2. The second-order valence-electron chi connectivity index (χ2n) is 5.52. The summed E-state index contributed by atoms with van der Waals surface area (Å²) in [6, 6.07) is 0.287. The molecule has 1 fully saturated rings. The maximum Gasteiger partial charge on any atom is 0.229 e. The van der Waals surface area contributed by atoms with E-state index in [9.17, 15) is 9.59 Å². The predicted molar refractivity (Wildman–Crippen MR) is 62.9 cm³/mol. The fourth-order valence-corrected chi connectivity index (χ4v) is 1.96. The number of hydrogen-bond acceptors (Lipinski definition) is 2. The smallest absolute Gasteiger partial charge is 0.229 e. The summed E-state index contributed by atoms with van der Waals surface area (Å²) in [6.45, 7) is 5.71. The third kappa shape index (κ3) is 5.14. The molecule has 0 spiro atoms. The van der Waals surface area contributed by atoms with Crippen LogP contribution in [0.25, 0.3) is 0 Å². The average molecular weight is 226 g/mol. The summed E-state index contributed by atoms with van der Waals surface area (Å²) in [4.78, 5) is 23.0. The van der Waals surface area contributed by atoms with Crippen molar-refractivity contribution in [1.82, 2.24) is 10.6 Å². The van der Waals surface area contributed by atoms with Crippen molar-refractivity contribution in [3.05, 3.63) is 0 Å². The lowest BCUT2D eigenvalue weighted by Crippen LogP contribution is -2.43. The molecule has 0 aromatic rings. The Bertz CT molecular complexity index is 263. The summed E-state index contributed by atoms with van der Waals surface area (Å²) in [7, 11) is 0. The van der Waals surface area contributed by atoms with E-state index in [1.54, 1.807) is 0 Å². The number of hydrogen-bond donors (Lipinski definition) is 2. The molecule has 16 heavy (non-hydrogen) atoms. The molecule has 0 bridgehead atoms. The minimum absolute atomic E-state index is 0.0617. The third-order valence-electron chi connectivity index (χ3n) is 2.56. The van der Waals surface area contributed by atoms with Crippen LogP contribution >= 0.6 is 0 Å². The second kappa shape index (κ2) is 5.32. The molecular weight excluding hydrogens is 204 g/mol. The highest BCUT2D eigenvalue weighted by Crippen LogP contribution is 2.17. The van der Waals surface area contributed by atoms with Crippen LogP contribution in [0, 0.1) is 0 Å². The van der Waals surface area contributed by atoms with Crippen LogP contribution in [0.4, 0.5) is 0 Å². The molecule has 1 rings (SSSR count). The van der Waals surface area contributed by atoms with Crippen molar-refractivity contribution in [3.63, 3.8) is 0 Å². The van der Waals surface area contributed by atoms with E-state index in [1.165, 1.54) is 12.8 Å². The van der Waals surface area contributed by atoms with Gasteiger partial charge in [-0.1, -0.05) is 12.8 Å². The lowest BCUT2D eigenvalue weighted by molar-refractivity contribution is -0.130. The van der Waals surface area contributed by atoms with Crippen molar-refractivity contribution >= 4 is 11.8 Å². The van der Waals surface area contributed by atoms with Gasteiger partial charge in [-0.3, -0.25) is 9.59 Å². The average Bonchev–Trinajstić information content (AvgIpc) is 2.51. The Labute approximate surface area is 97.2 Å². The van der Waals surface area contributed by atoms with Gasteiger partial charge < -0.3 is 10.6 Å². The molecule has 2 N–H and O–H groups in total. The van der Waals surface area contributed by atoms with Crippen LogP contribution in [0.3, 0.4) is 0 Å². The molecule has 0 saturated heterocycles. The first-order valence-electron chi connectivity index (χ1n) is 5.97. The molecule has 1 aliphatic rings. The SMILES string of the molecule is CC(C)(C)NC(=O)CC(=O)NC1CCCC1. The molecule has 0 unspecified atom stereocenters. The van der Waals surface area contributed by atoms with Crippen LogP contribution in [0.15, 0.2) is 0 Å². The van der Waals surface area contributed by atoms with Gasteiger partial charge in [-0.15, -0.1) is 0 Å². The topological polar surface area (TPSA) is 58.2 Å². The van der Waals surface area contributed by atoms with Crippen LogP contribution in [-0.4, -0.2) is 23.4 Å². The predicted octanol–water partition coefficient (Wildman–Crippen LogP) is 1.35. The van der Waals surface area contributed by atoms with Crippen molar-refractivity contribution in [2.24, 2.45) is 0 Å². The highest BCUT2D eigenvalue weighted by Gasteiger charge is 2.20. The molecule has 92 valence electrons. The van der Waals surface area contributed by atoms with E-state index in [0.29, 0.717) is 0 Å². The van der Waals surface area contributed by atoms with Gasteiger partial charge >= 0.3 is 0 Å². The number of nitrogens with one attached hydrogen (secondary N) is 2. The summed E-state index contributed by atoms with van der Waals surface area (Å²) in [6.07, 6.45) is 4.39. The standard InChI is InChI=1S/C12H22N2O2/c1-12(2,3)14-11(16)8-10(15)13-9-6-4-5-7-9/h9H,4-8H2,1-3H3,(H,13,15)(H,14,16). The van der Waals surface area contributed by atoms with Crippen molar-refractivity contribution in [2.45, 2.75) is 64.5 Å². The van der Waals surface area contributed by atoms with Gasteiger partial charge in [0.2, 0.25) is 11.8 Å². The van der Waals surface area contributed by atoms with Gasteiger partial charge in [0.05, 0.1) is 0 Å². The van der Waals surface area contributed by atoms with Crippen molar-refractivity contribution < 1.29 is 9.59 Å². The minimum Gasteiger partial charge on any atom is -0.353 e. The van der Waals surface area contributed by atoms with Crippen molar-refractivity contribution in [1.29, 1.82) is 0 Å². The summed E-state index contributed by atoms with van der Waals surface area (Å²) >= 11 is 0. The van der Waals surface area contributed by atoms with Crippen LogP contribution < -0.4 is 10.6 Å². The minimum atomic E-state index is -0.273. The zero-order chi connectivity index (χ0) is 12.2. The van der Waals surface area contributed by atoms with Crippen LogP contribution in [0.2, 0.25) is 0 Å². The Morgan fingerprint density at radius 2 is 1.69 bits per heavy atom. The fourth-order valence-electron chi connectivity index (χ4n) is 1.96. The summed E-state index contributed by atoms with van der Waals surface area (Å²) in [5.74, 6) is -0.364. The second-order valence-corrected chi connectivity index (χ2v) is 5.52. The molecule has 4 nitrogen and oxygen atoms in total. The van der Waals surface area contributed by atoms with Gasteiger partial charge in [-0.25, -0.2) is 0 Å². The molecule has 0 aromatic carbocycles. The van der Waals surface area contributed by atoms with Crippen molar-refractivity contribution in [2.75, 3.05) is 0 Å². The Morgan fingerprint density at radius 1 is 1.12 bits per heavy atom. The van der Waals surface area contributed by atoms with E-state index in [-0.39, 0.29) is 29.8 Å². The number of carbonyl (C=O) groups is 2. The van der Waals surface area contributed by atoms with E-state index >= 15 is 0 Å². The van der Waals surface area contributed by atoms with E-state index in [4.69, 9.17) is 0 Å². The van der Waals surface area contributed by atoms with Gasteiger partial charge in [0, 0.05) is 11.6 Å². The zero-order valence-corrected chi connectivity index (χ0v) is 10.4. The van der Waals surface area contributed by atoms with Crippen molar-refractivity contribution in [3.8, 4) is 0 Å². The zero-order valence-electron chi connectivity index (χ0n) is 10.4. The summed E-state index contributed by atoms with van der Waals surface area (Å²) < 4.78 is 0. The van der Waals surface area contributed by atoms with Crippen LogP contribution in [0.5, 0.6) is 0 Å². The largest absolute Gasteiger partial charge is 0.353 e. The van der Waals surface area contributed by atoms with Gasteiger partial charge in [-0.05, 0) is 33.6 Å². The molecule has 1 saturated carbocycles. The lowest BCUT2D eigenvalue weighted by atomic mass is 10.1. The molecule has 0 aromatic heterocycles. The molecule has 4 heteroatoms. The summed E-state index contributed by atoms with van der Waals surface area (Å²) in [5.41, 5.74) is -0.273. The van der Waals surface area contributed by atoms with E-state index < -0.39 is 0 Å². The van der Waals surface area contributed by atoms with E-state index in [2.05, 4.69) is 10.6 Å². The molecule has 0 aliphatic heterocycles. The van der Waals surface area contributed by atoms with E-state index in [0.717, 1.165) is 12.8 Å². The first-order chi connectivity index (χ1) is 7.37. The van der Waals surface area contributed by atoms with Gasteiger partial charge in [0.25, 0.3) is 0 Å². The fraction of sp³-hybridized carbons (Fsp3) is 0.833. The molecule has 1 aliphatic carbocycles. The van der Waals surface area contributed by atoms with Crippen LogP contribution in [0.1, 0.15) is 52.9 Å². The first kappa shape index (κ1) is 13.0. The molecule has 2 amide bonds. The lowest BCUT2D eigenvalue weighted by Gasteiger charge is -2.20. The third-order valence-corrected chi connectivity index (χ3v) is 2.56. The van der Waals surface area contributed by atoms with Crippen LogP contribution in [-0.2, 0) is 9.59 Å². The highest BCUT2D eigenvalue weighted by atomic mass is 16.2. The first-order valence-corrected chi connectivity index (χ1v) is 5.97. The molecule has 0 radical (unpaired) electrons. The Morgan fingerprint density at radius 3 is 2.19 bits per heavy atom. The number of amides is 2. The summed E-state index contributed by atoms with van der Waals surface area (Å²) in [5, 5.41) is 5.67.